The van der Waals surface area contributed by atoms with Crippen molar-refractivity contribution in [1.82, 2.24) is 10.2 Å². The van der Waals surface area contributed by atoms with Crippen LogP contribution in [0.3, 0.4) is 0 Å². The first-order chi connectivity index (χ1) is 14.0. The highest BCUT2D eigenvalue weighted by atomic mass is 16.5. The molecule has 0 spiro atoms. The lowest BCUT2D eigenvalue weighted by atomic mass is 10.0. The van der Waals surface area contributed by atoms with Crippen LogP contribution in [0.15, 0.2) is 54.6 Å². The average Bonchev–Trinajstić information content (AvgIpc) is 2.73. The van der Waals surface area contributed by atoms with E-state index in [1.807, 2.05) is 61.5 Å². The van der Waals surface area contributed by atoms with Crippen molar-refractivity contribution in [2.75, 3.05) is 13.7 Å². The van der Waals surface area contributed by atoms with Crippen molar-refractivity contribution >= 4 is 11.8 Å². The van der Waals surface area contributed by atoms with Gasteiger partial charge in [-0.3, -0.25) is 9.59 Å². The number of hydrogen-bond acceptors (Lipinski definition) is 3. The van der Waals surface area contributed by atoms with E-state index < -0.39 is 6.04 Å². The second kappa shape index (κ2) is 11.2. The third-order valence-electron chi connectivity index (χ3n) is 4.83. The van der Waals surface area contributed by atoms with Crippen LogP contribution in [0.5, 0.6) is 5.75 Å². The van der Waals surface area contributed by atoms with Crippen molar-refractivity contribution in [3.63, 3.8) is 0 Å². The van der Waals surface area contributed by atoms with E-state index in [1.165, 1.54) is 0 Å². The minimum Gasteiger partial charge on any atom is -0.497 e. The molecule has 1 atom stereocenters. The van der Waals surface area contributed by atoms with Gasteiger partial charge >= 0.3 is 0 Å². The van der Waals surface area contributed by atoms with Crippen LogP contribution in [0.4, 0.5) is 0 Å². The fourth-order valence-corrected chi connectivity index (χ4v) is 3.14. The highest BCUT2D eigenvalue weighted by Gasteiger charge is 2.30. The monoisotopic (exact) mass is 396 g/mol. The van der Waals surface area contributed by atoms with Crippen LogP contribution < -0.4 is 10.1 Å². The zero-order chi connectivity index (χ0) is 21.2. The van der Waals surface area contributed by atoms with Gasteiger partial charge in [-0.15, -0.1) is 0 Å². The number of carbonyl (C=O) groups is 2. The van der Waals surface area contributed by atoms with Crippen molar-refractivity contribution < 1.29 is 14.3 Å². The Labute approximate surface area is 174 Å². The Morgan fingerprint density at radius 1 is 1.03 bits per heavy atom. The minimum atomic E-state index is -0.669. The summed E-state index contributed by atoms with van der Waals surface area (Å²) in [5.74, 6) is 1.05. The molecule has 0 aliphatic heterocycles. The lowest BCUT2D eigenvalue weighted by Gasteiger charge is -2.31. The number of nitrogens with one attached hydrogen (secondary N) is 1. The van der Waals surface area contributed by atoms with E-state index in [-0.39, 0.29) is 11.8 Å². The Kier molecular flexibility index (Phi) is 8.71. The van der Waals surface area contributed by atoms with Gasteiger partial charge in [-0.2, -0.15) is 0 Å². The summed E-state index contributed by atoms with van der Waals surface area (Å²) >= 11 is 0. The molecule has 2 aromatic carbocycles. The molecule has 0 bridgehead atoms. The molecule has 29 heavy (non-hydrogen) atoms. The van der Waals surface area contributed by atoms with Gasteiger partial charge in [0, 0.05) is 19.5 Å². The van der Waals surface area contributed by atoms with Gasteiger partial charge in [0.25, 0.3) is 0 Å². The molecule has 2 amide bonds. The van der Waals surface area contributed by atoms with E-state index in [2.05, 4.69) is 19.2 Å². The summed E-state index contributed by atoms with van der Waals surface area (Å²) in [6.07, 6.45) is 1.23. The van der Waals surface area contributed by atoms with Gasteiger partial charge in [0.15, 0.2) is 0 Å². The van der Waals surface area contributed by atoms with Gasteiger partial charge in [-0.05, 0) is 35.6 Å². The molecule has 0 aliphatic rings. The van der Waals surface area contributed by atoms with Crippen molar-refractivity contribution in [3.05, 3.63) is 65.7 Å². The largest absolute Gasteiger partial charge is 0.497 e. The van der Waals surface area contributed by atoms with E-state index in [0.717, 1.165) is 23.3 Å². The van der Waals surface area contributed by atoms with Crippen LogP contribution in [0, 0.1) is 5.92 Å². The Morgan fingerprint density at radius 2 is 1.69 bits per heavy atom. The second-order valence-corrected chi connectivity index (χ2v) is 7.51. The molecule has 1 unspecified atom stereocenters. The van der Waals surface area contributed by atoms with Gasteiger partial charge in [0.1, 0.15) is 11.8 Å². The SMILES string of the molecule is CCC(=O)N(Cc1ccc(OC)cc1)C(C(=O)NCCC(C)C)c1ccccc1. The van der Waals surface area contributed by atoms with Crippen LogP contribution >= 0.6 is 0 Å². The normalized spacial score (nSPS) is 11.8. The number of methoxy groups -OCH3 is 1. The maximum atomic E-state index is 13.2. The fourth-order valence-electron chi connectivity index (χ4n) is 3.14. The molecule has 0 aliphatic carbocycles. The summed E-state index contributed by atoms with van der Waals surface area (Å²) in [7, 11) is 1.62. The Bertz CT molecular complexity index is 772. The highest BCUT2D eigenvalue weighted by molar-refractivity contribution is 5.88. The lowest BCUT2D eigenvalue weighted by Crippen LogP contribution is -2.43. The van der Waals surface area contributed by atoms with Crippen molar-refractivity contribution in [2.45, 2.75) is 46.2 Å². The molecular formula is C24H32N2O3. The summed E-state index contributed by atoms with van der Waals surface area (Å²) < 4.78 is 5.22. The summed E-state index contributed by atoms with van der Waals surface area (Å²) in [6.45, 7) is 7.02. The van der Waals surface area contributed by atoms with Crippen LogP contribution in [0.1, 0.15) is 50.8 Å². The first-order valence-electron chi connectivity index (χ1n) is 10.2. The number of benzene rings is 2. The highest BCUT2D eigenvalue weighted by Crippen LogP contribution is 2.25. The van der Waals surface area contributed by atoms with Crippen LogP contribution in [0.2, 0.25) is 0 Å². The minimum absolute atomic E-state index is 0.0614. The van der Waals surface area contributed by atoms with E-state index in [1.54, 1.807) is 12.0 Å². The van der Waals surface area contributed by atoms with Gasteiger partial charge in [-0.25, -0.2) is 0 Å². The van der Waals surface area contributed by atoms with Crippen molar-refractivity contribution in [1.29, 1.82) is 0 Å². The number of rotatable bonds is 10. The molecule has 5 heteroatoms. The summed E-state index contributed by atoms with van der Waals surface area (Å²) in [5.41, 5.74) is 1.76. The molecule has 0 saturated heterocycles. The smallest absolute Gasteiger partial charge is 0.247 e. The third-order valence-corrected chi connectivity index (χ3v) is 4.83. The van der Waals surface area contributed by atoms with E-state index in [9.17, 15) is 9.59 Å². The van der Waals surface area contributed by atoms with Gasteiger partial charge in [0.2, 0.25) is 11.8 Å². The Morgan fingerprint density at radius 3 is 2.24 bits per heavy atom. The molecule has 1 N–H and O–H groups in total. The van der Waals surface area contributed by atoms with Gasteiger partial charge < -0.3 is 15.0 Å². The first kappa shape index (κ1) is 22.5. The molecule has 0 radical (unpaired) electrons. The molecule has 0 aromatic heterocycles. The van der Waals surface area contributed by atoms with Crippen LogP contribution in [-0.2, 0) is 16.1 Å². The Balaban J connectivity index is 2.32. The summed E-state index contributed by atoms with van der Waals surface area (Å²) in [4.78, 5) is 27.7. The number of hydrogen-bond donors (Lipinski definition) is 1. The molecular weight excluding hydrogens is 364 g/mol. The van der Waals surface area contributed by atoms with Crippen LogP contribution in [-0.4, -0.2) is 30.4 Å². The maximum Gasteiger partial charge on any atom is 0.247 e. The number of ether oxygens (including phenoxy) is 1. The maximum absolute atomic E-state index is 13.2. The van der Waals surface area contributed by atoms with E-state index >= 15 is 0 Å². The van der Waals surface area contributed by atoms with Crippen LogP contribution in [0.25, 0.3) is 0 Å². The van der Waals surface area contributed by atoms with Crippen molar-refractivity contribution in [3.8, 4) is 5.75 Å². The summed E-state index contributed by atoms with van der Waals surface area (Å²) in [6, 6.07) is 16.4. The molecule has 5 nitrogen and oxygen atoms in total. The zero-order valence-electron chi connectivity index (χ0n) is 17.9. The van der Waals surface area contributed by atoms with E-state index in [4.69, 9.17) is 4.74 Å². The molecule has 0 saturated carbocycles. The zero-order valence-corrected chi connectivity index (χ0v) is 17.9. The topological polar surface area (TPSA) is 58.6 Å². The van der Waals surface area contributed by atoms with E-state index in [0.29, 0.717) is 25.4 Å². The lowest BCUT2D eigenvalue weighted by molar-refractivity contribution is -0.141. The quantitative estimate of drug-likeness (QED) is 0.650. The molecule has 0 heterocycles. The predicted molar refractivity (Wildman–Crippen MR) is 115 cm³/mol. The predicted octanol–water partition coefficient (Wildman–Crippen LogP) is 4.34. The number of nitrogens with zero attached hydrogens (tertiary/aromatic N) is 1. The number of amides is 2. The molecule has 0 fully saturated rings. The molecule has 2 rings (SSSR count). The second-order valence-electron chi connectivity index (χ2n) is 7.51. The first-order valence-corrected chi connectivity index (χ1v) is 10.2. The van der Waals surface area contributed by atoms with Crippen molar-refractivity contribution in [2.24, 2.45) is 5.92 Å². The fraction of sp³-hybridized carbons (Fsp3) is 0.417. The van der Waals surface area contributed by atoms with Gasteiger partial charge in [-0.1, -0.05) is 63.2 Å². The summed E-state index contributed by atoms with van der Waals surface area (Å²) in [5, 5.41) is 3.02. The molecule has 156 valence electrons. The average molecular weight is 397 g/mol. The molecule has 2 aromatic rings. The Hall–Kier alpha value is -2.82. The standard InChI is InChI=1S/C24H32N2O3/c1-5-22(27)26(17-19-11-13-21(29-4)14-12-19)23(20-9-7-6-8-10-20)24(28)25-16-15-18(2)3/h6-14,18,23H,5,15-17H2,1-4H3,(H,25,28). The number of carbonyl (C=O) groups excluding carboxylic acids is 2. The van der Waals surface area contributed by atoms with Gasteiger partial charge in [0.05, 0.1) is 7.11 Å². The third kappa shape index (κ3) is 6.63.